The van der Waals surface area contributed by atoms with Crippen molar-refractivity contribution in [3.05, 3.63) is 0 Å². The largest absolute Gasteiger partial charge is 0.300 e. The molecule has 0 aliphatic heterocycles. The van der Waals surface area contributed by atoms with Crippen LogP contribution in [0.15, 0.2) is 0 Å². The number of nitrogens with zero attached hydrogens (tertiary/aromatic N) is 1. The fourth-order valence-electron chi connectivity index (χ4n) is 2.18. The molecule has 0 bridgehead atoms. The molecule has 1 saturated carbocycles. The molecule has 1 N–H and O–H groups in total. The van der Waals surface area contributed by atoms with Crippen LogP contribution in [0.25, 0.3) is 0 Å². The molecule has 0 amide bonds. The van der Waals surface area contributed by atoms with E-state index >= 15 is 0 Å². The third-order valence-electron chi connectivity index (χ3n) is 3.09. The molecule has 0 saturated heterocycles. The number of nitriles is 1. The summed E-state index contributed by atoms with van der Waals surface area (Å²) in [5, 5.41) is 12.5. The molecule has 0 aromatic carbocycles. The predicted molar refractivity (Wildman–Crippen MR) is 54.3 cm³/mol. The average molecular weight is 180 g/mol. The monoisotopic (exact) mass is 180 g/mol. The van der Waals surface area contributed by atoms with Crippen molar-refractivity contribution in [2.75, 3.05) is 6.54 Å². The number of hydrogen-bond acceptors (Lipinski definition) is 2. The molecule has 2 nitrogen and oxygen atoms in total. The topological polar surface area (TPSA) is 35.8 Å². The van der Waals surface area contributed by atoms with Gasteiger partial charge in [0.05, 0.1) is 6.07 Å². The first-order chi connectivity index (χ1) is 6.22. The van der Waals surface area contributed by atoms with Crippen molar-refractivity contribution in [2.45, 2.75) is 51.5 Å². The summed E-state index contributed by atoms with van der Waals surface area (Å²) < 4.78 is 0. The van der Waals surface area contributed by atoms with Crippen LogP contribution < -0.4 is 5.32 Å². The van der Waals surface area contributed by atoms with Crippen LogP contribution in [0.4, 0.5) is 0 Å². The van der Waals surface area contributed by atoms with Gasteiger partial charge in [-0.15, -0.1) is 0 Å². The van der Waals surface area contributed by atoms with E-state index in [9.17, 15) is 5.26 Å². The van der Waals surface area contributed by atoms with E-state index in [1.807, 2.05) is 0 Å². The molecule has 2 unspecified atom stereocenters. The summed E-state index contributed by atoms with van der Waals surface area (Å²) in [6.07, 6.45) is 5.73. The third kappa shape index (κ3) is 2.70. The summed E-state index contributed by atoms with van der Waals surface area (Å²) in [5.41, 5.74) is -0.209. The van der Waals surface area contributed by atoms with Gasteiger partial charge in [-0.1, -0.05) is 26.7 Å². The highest BCUT2D eigenvalue weighted by molar-refractivity contribution is 5.07. The second-order valence-electron chi connectivity index (χ2n) is 4.26. The Hall–Kier alpha value is -0.550. The van der Waals surface area contributed by atoms with E-state index in [1.165, 1.54) is 19.3 Å². The molecular formula is C11H20N2. The lowest BCUT2D eigenvalue weighted by Gasteiger charge is -2.25. The van der Waals surface area contributed by atoms with Crippen molar-refractivity contribution < 1.29 is 0 Å². The Morgan fingerprint density at radius 1 is 1.46 bits per heavy atom. The Balaban J connectivity index is 2.60. The van der Waals surface area contributed by atoms with Crippen LogP contribution in [0.3, 0.4) is 0 Å². The fourth-order valence-corrected chi connectivity index (χ4v) is 2.18. The van der Waals surface area contributed by atoms with E-state index in [0.29, 0.717) is 0 Å². The standard InChI is InChI=1S/C11H20N2/c1-3-13-11(9-12)7-4-5-10(2)6-8-11/h10,13H,3-8H2,1-2H3. The molecule has 0 aromatic rings. The molecule has 2 atom stereocenters. The van der Waals surface area contributed by atoms with Crippen LogP contribution >= 0.6 is 0 Å². The lowest BCUT2D eigenvalue weighted by molar-refractivity contribution is 0.369. The number of nitrogens with one attached hydrogen (secondary N) is 1. The summed E-state index contributed by atoms with van der Waals surface area (Å²) in [7, 11) is 0. The van der Waals surface area contributed by atoms with E-state index in [2.05, 4.69) is 25.2 Å². The lowest BCUT2D eigenvalue weighted by Crippen LogP contribution is -2.43. The number of hydrogen-bond donors (Lipinski definition) is 1. The molecule has 13 heavy (non-hydrogen) atoms. The van der Waals surface area contributed by atoms with Gasteiger partial charge in [0.25, 0.3) is 0 Å². The molecule has 0 spiro atoms. The highest BCUT2D eigenvalue weighted by atomic mass is 15.0. The Morgan fingerprint density at radius 2 is 2.23 bits per heavy atom. The maximum atomic E-state index is 9.17. The van der Waals surface area contributed by atoms with Gasteiger partial charge in [-0.2, -0.15) is 5.26 Å². The maximum absolute atomic E-state index is 9.17. The first kappa shape index (κ1) is 10.5. The summed E-state index contributed by atoms with van der Waals surface area (Å²) in [4.78, 5) is 0. The van der Waals surface area contributed by atoms with Gasteiger partial charge >= 0.3 is 0 Å². The molecule has 74 valence electrons. The van der Waals surface area contributed by atoms with Gasteiger partial charge in [0.1, 0.15) is 5.54 Å². The second-order valence-corrected chi connectivity index (χ2v) is 4.26. The third-order valence-corrected chi connectivity index (χ3v) is 3.09. The summed E-state index contributed by atoms with van der Waals surface area (Å²) in [6.45, 7) is 5.27. The Kier molecular flexibility index (Phi) is 3.74. The van der Waals surface area contributed by atoms with Gasteiger partial charge < -0.3 is 0 Å². The fraction of sp³-hybridized carbons (Fsp3) is 0.909. The summed E-state index contributed by atoms with van der Waals surface area (Å²) in [6, 6.07) is 2.47. The highest BCUT2D eigenvalue weighted by Gasteiger charge is 2.30. The first-order valence-corrected chi connectivity index (χ1v) is 5.39. The summed E-state index contributed by atoms with van der Waals surface area (Å²) in [5.74, 6) is 0.800. The molecule has 0 radical (unpaired) electrons. The van der Waals surface area contributed by atoms with Gasteiger partial charge in [-0.25, -0.2) is 0 Å². The van der Waals surface area contributed by atoms with Crippen molar-refractivity contribution in [2.24, 2.45) is 5.92 Å². The zero-order valence-electron chi connectivity index (χ0n) is 8.77. The molecule has 1 fully saturated rings. The van der Waals surface area contributed by atoms with E-state index in [1.54, 1.807) is 0 Å². The van der Waals surface area contributed by atoms with Crippen molar-refractivity contribution in [1.82, 2.24) is 5.32 Å². The maximum Gasteiger partial charge on any atom is 0.106 e. The molecule has 1 rings (SSSR count). The van der Waals surface area contributed by atoms with E-state index in [0.717, 1.165) is 25.3 Å². The van der Waals surface area contributed by atoms with Crippen molar-refractivity contribution >= 4 is 0 Å². The van der Waals surface area contributed by atoms with E-state index in [-0.39, 0.29) is 5.54 Å². The smallest absolute Gasteiger partial charge is 0.106 e. The molecule has 2 heteroatoms. The minimum Gasteiger partial charge on any atom is -0.300 e. The van der Waals surface area contributed by atoms with Crippen LogP contribution in [0.5, 0.6) is 0 Å². The SMILES string of the molecule is CCNC1(C#N)CCCC(C)CC1. The Bertz CT molecular complexity index is 195. The normalized spacial score (nSPS) is 35.0. The van der Waals surface area contributed by atoms with Crippen molar-refractivity contribution in [3.63, 3.8) is 0 Å². The zero-order chi connectivity index (χ0) is 9.73. The minimum atomic E-state index is -0.209. The van der Waals surface area contributed by atoms with Gasteiger partial charge in [0.2, 0.25) is 0 Å². The molecule has 1 aliphatic rings. The van der Waals surface area contributed by atoms with Crippen LogP contribution in [-0.4, -0.2) is 12.1 Å². The average Bonchev–Trinajstić information content (AvgIpc) is 2.30. The molecule has 0 aromatic heterocycles. The van der Waals surface area contributed by atoms with Gasteiger partial charge in [-0.05, 0) is 31.7 Å². The highest BCUT2D eigenvalue weighted by Crippen LogP contribution is 2.29. The Labute approximate surface area is 81.3 Å². The van der Waals surface area contributed by atoms with Crippen LogP contribution in [-0.2, 0) is 0 Å². The van der Waals surface area contributed by atoms with E-state index < -0.39 is 0 Å². The minimum absolute atomic E-state index is 0.209. The van der Waals surface area contributed by atoms with Crippen molar-refractivity contribution in [3.8, 4) is 6.07 Å². The quantitative estimate of drug-likeness (QED) is 0.663. The molecular weight excluding hydrogens is 160 g/mol. The zero-order valence-corrected chi connectivity index (χ0v) is 8.77. The predicted octanol–water partition coefficient (Wildman–Crippen LogP) is 2.46. The molecule has 1 aliphatic carbocycles. The second kappa shape index (κ2) is 4.62. The van der Waals surface area contributed by atoms with Crippen LogP contribution in [0, 0.1) is 17.2 Å². The number of rotatable bonds is 2. The van der Waals surface area contributed by atoms with Crippen LogP contribution in [0.1, 0.15) is 46.0 Å². The molecule has 0 heterocycles. The lowest BCUT2D eigenvalue weighted by atomic mass is 9.91. The van der Waals surface area contributed by atoms with Gasteiger partial charge in [-0.3, -0.25) is 5.32 Å². The van der Waals surface area contributed by atoms with Crippen LogP contribution in [0.2, 0.25) is 0 Å². The van der Waals surface area contributed by atoms with E-state index in [4.69, 9.17) is 0 Å². The first-order valence-electron chi connectivity index (χ1n) is 5.39. The van der Waals surface area contributed by atoms with Crippen molar-refractivity contribution in [1.29, 1.82) is 5.26 Å². The Morgan fingerprint density at radius 3 is 2.85 bits per heavy atom. The van der Waals surface area contributed by atoms with Gasteiger partial charge in [0, 0.05) is 0 Å². The van der Waals surface area contributed by atoms with Gasteiger partial charge in [0.15, 0.2) is 0 Å². The summed E-state index contributed by atoms with van der Waals surface area (Å²) >= 11 is 0.